The molecular weight excluding hydrogens is 259 g/mol. The van der Waals surface area contributed by atoms with Gasteiger partial charge in [0, 0.05) is 18.5 Å². The van der Waals surface area contributed by atoms with Gasteiger partial charge in [0.25, 0.3) is 0 Å². The van der Waals surface area contributed by atoms with Crippen LogP contribution in [0.5, 0.6) is 5.88 Å². The van der Waals surface area contributed by atoms with Crippen LogP contribution in [0, 0.1) is 5.41 Å². The molecule has 0 atom stereocenters. The van der Waals surface area contributed by atoms with Crippen molar-refractivity contribution in [3.63, 3.8) is 0 Å². The van der Waals surface area contributed by atoms with Crippen LogP contribution >= 0.6 is 11.6 Å². The van der Waals surface area contributed by atoms with Gasteiger partial charge in [-0.05, 0) is 6.07 Å². The Morgan fingerprint density at radius 2 is 2.18 bits per heavy atom. The van der Waals surface area contributed by atoms with Crippen LogP contribution in [0.25, 0.3) is 0 Å². The summed E-state index contributed by atoms with van der Waals surface area (Å²) in [6.45, 7) is 0. The first-order valence-corrected chi connectivity index (χ1v) is 4.59. The van der Waals surface area contributed by atoms with Gasteiger partial charge < -0.3 is 15.9 Å². The Morgan fingerprint density at radius 1 is 1.53 bits per heavy atom. The van der Waals surface area contributed by atoms with Gasteiger partial charge >= 0.3 is 6.18 Å². The molecule has 0 aliphatic heterocycles. The van der Waals surface area contributed by atoms with Crippen LogP contribution < -0.4 is 10.5 Å². The lowest BCUT2D eigenvalue weighted by Gasteiger charge is -2.09. The van der Waals surface area contributed by atoms with Crippen LogP contribution in [0.2, 0.25) is 5.02 Å². The monoisotopic (exact) mass is 265 g/mol. The second-order valence-corrected chi connectivity index (χ2v) is 3.25. The highest BCUT2D eigenvalue weighted by Gasteiger charge is 2.31. The van der Waals surface area contributed by atoms with Crippen molar-refractivity contribution in [2.45, 2.75) is 6.18 Å². The minimum absolute atomic E-state index is 0.200. The van der Waals surface area contributed by atoms with Crippen molar-refractivity contribution in [1.82, 2.24) is 4.98 Å². The Hall–Kier alpha value is -1.76. The number of ether oxygens (including phenoxy) is 1. The number of hydrogen-bond acceptors (Lipinski definition) is 4. The standard InChI is InChI=1S/C9H7ClF3N3O/c10-6-3-5(9(11,12)13)4-16-8(6)17-7(15)1-2-14/h1-4,14H,15H2. The van der Waals surface area contributed by atoms with Crippen molar-refractivity contribution >= 4 is 17.8 Å². The number of aromatic nitrogens is 1. The number of pyridine rings is 1. The Balaban J connectivity index is 2.99. The van der Waals surface area contributed by atoms with E-state index in [1.165, 1.54) is 0 Å². The molecule has 0 aromatic carbocycles. The van der Waals surface area contributed by atoms with Gasteiger partial charge in [0.2, 0.25) is 5.88 Å². The summed E-state index contributed by atoms with van der Waals surface area (Å²) in [5.41, 5.74) is 4.29. The lowest BCUT2D eigenvalue weighted by Crippen LogP contribution is -2.09. The largest absolute Gasteiger partial charge is 0.422 e. The number of nitrogens with zero attached hydrogens (tertiary/aromatic N) is 1. The zero-order valence-corrected chi connectivity index (χ0v) is 9.01. The SMILES string of the molecule is N=CC=C(N)Oc1ncc(C(F)(F)F)cc1Cl. The first-order chi connectivity index (χ1) is 7.84. The summed E-state index contributed by atoms with van der Waals surface area (Å²) < 4.78 is 41.7. The Bertz CT molecular complexity index is 459. The minimum Gasteiger partial charge on any atom is -0.422 e. The summed E-state index contributed by atoms with van der Waals surface area (Å²) in [5, 5.41) is 6.39. The zero-order valence-electron chi connectivity index (χ0n) is 8.25. The summed E-state index contributed by atoms with van der Waals surface area (Å²) >= 11 is 5.55. The maximum absolute atomic E-state index is 12.3. The first-order valence-electron chi connectivity index (χ1n) is 4.21. The molecule has 0 unspecified atom stereocenters. The van der Waals surface area contributed by atoms with Crippen molar-refractivity contribution in [2.75, 3.05) is 0 Å². The molecule has 1 aromatic rings. The van der Waals surface area contributed by atoms with E-state index in [1.54, 1.807) is 0 Å². The molecule has 1 rings (SSSR count). The molecule has 1 aromatic heterocycles. The number of hydrogen-bond donors (Lipinski definition) is 2. The summed E-state index contributed by atoms with van der Waals surface area (Å²) in [4.78, 5) is 3.40. The molecule has 0 spiro atoms. The third kappa shape index (κ3) is 3.63. The number of nitrogens with one attached hydrogen (secondary N) is 1. The van der Waals surface area contributed by atoms with Gasteiger partial charge in [-0.15, -0.1) is 0 Å². The lowest BCUT2D eigenvalue weighted by atomic mass is 10.3. The predicted octanol–water partition coefficient (Wildman–Crippen LogP) is 2.58. The van der Waals surface area contributed by atoms with Gasteiger partial charge in [-0.3, -0.25) is 0 Å². The molecule has 92 valence electrons. The van der Waals surface area contributed by atoms with Gasteiger partial charge in [-0.1, -0.05) is 11.6 Å². The molecule has 8 heteroatoms. The highest BCUT2D eigenvalue weighted by atomic mass is 35.5. The van der Waals surface area contributed by atoms with E-state index in [2.05, 4.69) is 4.98 Å². The highest BCUT2D eigenvalue weighted by molar-refractivity contribution is 6.31. The van der Waals surface area contributed by atoms with E-state index in [1.807, 2.05) is 0 Å². The van der Waals surface area contributed by atoms with Gasteiger partial charge in [0.15, 0.2) is 5.88 Å². The second kappa shape index (κ2) is 5.05. The Kier molecular flexibility index (Phi) is 3.95. The quantitative estimate of drug-likeness (QED) is 0.652. The summed E-state index contributed by atoms with van der Waals surface area (Å²) in [6.07, 6.45) is -1.99. The average molecular weight is 266 g/mol. The third-order valence-electron chi connectivity index (χ3n) is 1.60. The van der Waals surface area contributed by atoms with Crippen LogP contribution in [0.15, 0.2) is 24.2 Å². The molecule has 17 heavy (non-hydrogen) atoms. The van der Waals surface area contributed by atoms with Gasteiger partial charge in [-0.25, -0.2) is 4.98 Å². The van der Waals surface area contributed by atoms with Crippen molar-refractivity contribution in [3.8, 4) is 5.88 Å². The fourth-order valence-corrected chi connectivity index (χ4v) is 1.09. The van der Waals surface area contributed by atoms with E-state index in [9.17, 15) is 13.2 Å². The molecule has 3 N–H and O–H groups in total. The highest BCUT2D eigenvalue weighted by Crippen LogP contribution is 2.33. The number of halogens is 4. The van der Waals surface area contributed by atoms with Crippen LogP contribution in [-0.4, -0.2) is 11.2 Å². The van der Waals surface area contributed by atoms with E-state index in [4.69, 9.17) is 27.5 Å². The number of rotatable bonds is 3. The second-order valence-electron chi connectivity index (χ2n) is 2.85. The third-order valence-corrected chi connectivity index (χ3v) is 1.87. The number of alkyl halides is 3. The van der Waals surface area contributed by atoms with Crippen LogP contribution in [0.3, 0.4) is 0 Å². The van der Waals surface area contributed by atoms with Crippen molar-refractivity contribution in [2.24, 2.45) is 5.73 Å². The summed E-state index contributed by atoms with van der Waals surface area (Å²) in [7, 11) is 0. The van der Waals surface area contributed by atoms with E-state index in [0.29, 0.717) is 12.3 Å². The molecule has 1 heterocycles. The molecule has 0 aliphatic carbocycles. The Labute approximate surface area is 99.4 Å². The number of allylic oxidation sites excluding steroid dienone is 1. The topological polar surface area (TPSA) is 72.0 Å². The first kappa shape index (κ1) is 13.3. The molecule has 0 saturated carbocycles. The maximum Gasteiger partial charge on any atom is 0.417 e. The summed E-state index contributed by atoms with van der Waals surface area (Å²) in [5.74, 6) is -0.454. The van der Waals surface area contributed by atoms with Crippen LogP contribution in [0.4, 0.5) is 13.2 Å². The van der Waals surface area contributed by atoms with Gasteiger partial charge in [-0.2, -0.15) is 13.2 Å². The minimum atomic E-state index is -4.52. The maximum atomic E-state index is 12.3. The molecule has 0 saturated heterocycles. The van der Waals surface area contributed by atoms with Crippen molar-refractivity contribution in [3.05, 3.63) is 34.8 Å². The van der Waals surface area contributed by atoms with Crippen LogP contribution in [0.1, 0.15) is 5.56 Å². The molecule has 0 amide bonds. The fraction of sp³-hybridized carbons (Fsp3) is 0.111. The van der Waals surface area contributed by atoms with Crippen molar-refractivity contribution in [1.29, 1.82) is 5.41 Å². The summed E-state index contributed by atoms with van der Waals surface area (Å²) in [6, 6.07) is 0.682. The molecule has 0 radical (unpaired) electrons. The lowest BCUT2D eigenvalue weighted by molar-refractivity contribution is -0.137. The smallest absolute Gasteiger partial charge is 0.417 e. The van der Waals surface area contributed by atoms with Gasteiger partial charge in [0.05, 0.1) is 5.56 Å². The van der Waals surface area contributed by atoms with E-state index in [-0.39, 0.29) is 16.8 Å². The molecule has 0 bridgehead atoms. The van der Waals surface area contributed by atoms with E-state index < -0.39 is 11.7 Å². The molecule has 0 aliphatic rings. The fourth-order valence-electron chi connectivity index (χ4n) is 0.883. The van der Waals surface area contributed by atoms with Crippen molar-refractivity contribution < 1.29 is 17.9 Å². The van der Waals surface area contributed by atoms with Gasteiger partial charge in [0.1, 0.15) is 5.02 Å². The molecular formula is C9H7ClF3N3O. The Morgan fingerprint density at radius 3 is 2.65 bits per heavy atom. The predicted molar refractivity (Wildman–Crippen MR) is 55.9 cm³/mol. The average Bonchev–Trinajstić information content (AvgIpc) is 2.20. The number of nitrogens with two attached hydrogens (primary N) is 1. The molecule has 0 fully saturated rings. The molecule has 4 nitrogen and oxygen atoms in total. The zero-order chi connectivity index (χ0) is 13.1. The van der Waals surface area contributed by atoms with E-state index in [0.717, 1.165) is 12.3 Å². The van der Waals surface area contributed by atoms with E-state index >= 15 is 0 Å². The van der Waals surface area contributed by atoms with Crippen LogP contribution in [-0.2, 0) is 6.18 Å². The normalized spacial score (nSPS) is 12.4.